The van der Waals surface area contributed by atoms with Gasteiger partial charge in [-0.1, -0.05) is 36.4 Å². The molecule has 0 unspecified atom stereocenters. The number of fused-ring (bicyclic) bond motifs is 3. The van der Waals surface area contributed by atoms with Crippen molar-refractivity contribution < 1.29 is 18.7 Å². The Balaban J connectivity index is 1.96. The zero-order chi connectivity index (χ0) is 18.7. The Hall–Kier alpha value is -2.47. The van der Waals surface area contributed by atoms with E-state index < -0.39 is 17.9 Å². The van der Waals surface area contributed by atoms with Crippen LogP contribution in [0.1, 0.15) is 22.5 Å². The number of nitrogens with one attached hydrogen (secondary N) is 1. The lowest BCUT2D eigenvalue weighted by molar-refractivity contribution is -0.142. The van der Waals surface area contributed by atoms with Crippen LogP contribution in [0.15, 0.2) is 40.8 Å². The fourth-order valence-electron chi connectivity index (χ4n) is 3.02. The van der Waals surface area contributed by atoms with Crippen molar-refractivity contribution in [1.29, 1.82) is 0 Å². The highest BCUT2D eigenvalue weighted by atomic mass is 32.2. The van der Waals surface area contributed by atoms with E-state index >= 15 is 0 Å². The molecular weight excluding hydrogens is 350 g/mol. The Kier molecular flexibility index (Phi) is 5.52. The Labute approximate surface area is 156 Å². The van der Waals surface area contributed by atoms with Gasteiger partial charge in [-0.05, 0) is 30.7 Å². The molecule has 0 fully saturated rings. The smallest absolute Gasteiger partial charge is 0.328 e. The molecule has 5 nitrogen and oxygen atoms in total. The summed E-state index contributed by atoms with van der Waals surface area (Å²) in [6, 6.07) is 11.2. The SMILES string of the molecule is COC(=O)[C@H](CCSC)NC(=O)c1oc2c(ccc3ccccc32)c1C. The molecule has 1 aromatic heterocycles. The van der Waals surface area contributed by atoms with E-state index in [1.807, 2.05) is 49.6 Å². The first kappa shape index (κ1) is 18.3. The summed E-state index contributed by atoms with van der Waals surface area (Å²) >= 11 is 1.61. The van der Waals surface area contributed by atoms with Crippen LogP contribution in [-0.2, 0) is 9.53 Å². The Morgan fingerprint density at radius 3 is 2.69 bits per heavy atom. The number of thioether (sulfide) groups is 1. The van der Waals surface area contributed by atoms with Crippen LogP contribution < -0.4 is 5.32 Å². The molecule has 26 heavy (non-hydrogen) atoms. The number of hydrogen-bond acceptors (Lipinski definition) is 5. The molecule has 0 spiro atoms. The van der Waals surface area contributed by atoms with Gasteiger partial charge in [-0.15, -0.1) is 0 Å². The van der Waals surface area contributed by atoms with Gasteiger partial charge in [0, 0.05) is 16.3 Å². The maximum absolute atomic E-state index is 12.7. The van der Waals surface area contributed by atoms with Gasteiger partial charge in [0.2, 0.25) is 0 Å². The minimum absolute atomic E-state index is 0.231. The third kappa shape index (κ3) is 3.42. The third-order valence-electron chi connectivity index (χ3n) is 4.44. The number of esters is 1. The van der Waals surface area contributed by atoms with Crippen LogP contribution in [0.3, 0.4) is 0 Å². The maximum Gasteiger partial charge on any atom is 0.328 e. The van der Waals surface area contributed by atoms with E-state index in [1.54, 1.807) is 11.8 Å². The quantitative estimate of drug-likeness (QED) is 0.665. The van der Waals surface area contributed by atoms with E-state index in [1.165, 1.54) is 7.11 Å². The normalized spacial score (nSPS) is 12.3. The van der Waals surface area contributed by atoms with Gasteiger partial charge in [0.05, 0.1) is 7.11 Å². The van der Waals surface area contributed by atoms with Crippen molar-refractivity contribution in [3.63, 3.8) is 0 Å². The average Bonchev–Trinajstić information content (AvgIpc) is 3.01. The molecule has 3 aromatic rings. The van der Waals surface area contributed by atoms with Crippen LogP contribution in [0.5, 0.6) is 0 Å². The van der Waals surface area contributed by atoms with Crippen LogP contribution in [0.25, 0.3) is 21.7 Å². The van der Waals surface area contributed by atoms with Crippen LogP contribution in [0, 0.1) is 6.92 Å². The van der Waals surface area contributed by atoms with Gasteiger partial charge in [0.1, 0.15) is 11.6 Å². The Bertz CT molecular complexity index is 963. The van der Waals surface area contributed by atoms with E-state index in [0.717, 1.165) is 27.5 Å². The topological polar surface area (TPSA) is 68.5 Å². The van der Waals surface area contributed by atoms with Gasteiger partial charge in [0.15, 0.2) is 5.76 Å². The summed E-state index contributed by atoms with van der Waals surface area (Å²) in [6.45, 7) is 1.85. The Morgan fingerprint density at radius 1 is 1.19 bits per heavy atom. The lowest BCUT2D eigenvalue weighted by Crippen LogP contribution is -2.42. The van der Waals surface area contributed by atoms with Crippen molar-refractivity contribution in [1.82, 2.24) is 5.32 Å². The van der Waals surface area contributed by atoms with E-state index in [2.05, 4.69) is 5.32 Å². The first-order chi connectivity index (χ1) is 12.6. The number of rotatable bonds is 6. The number of carbonyl (C=O) groups excluding carboxylic acids is 2. The molecule has 2 aromatic carbocycles. The fraction of sp³-hybridized carbons (Fsp3) is 0.300. The van der Waals surface area contributed by atoms with Gasteiger partial charge in [0.25, 0.3) is 5.91 Å². The largest absolute Gasteiger partial charge is 0.467 e. The summed E-state index contributed by atoms with van der Waals surface area (Å²) in [4.78, 5) is 24.7. The van der Waals surface area contributed by atoms with Gasteiger partial charge in [-0.2, -0.15) is 11.8 Å². The maximum atomic E-state index is 12.7. The molecule has 0 aliphatic rings. The number of furan rings is 1. The average molecular weight is 371 g/mol. The van der Waals surface area contributed by atoms with E-state index in [0.29, 0.717) is 12.0 Å². The molecule has 1 amide bonds. The molecular formula is C20H21NO4S. The molecule has 0 saturated heterocycles. The summed E-state index contributed by atoms with van der Waals surface area (Å²) in [7, 11) is 1.32. The molecule has 0 radical (unpaired) electrons. The van der Waals surface area contributed by atoms with Gasteiger partial charge >= 0.3 is 5.97 Å². The highest BCUT2D eigenvalue weighted by Crippen LogP contribution is 2.31. The van der Waals surface area contributed by atoms with E-state index in [9.17, 15) is 9.59 Å². The molecule has 0 saturated carbocycles. The molecule has 1 heterocycles. The summed E-state index contributed by atoms with van der Waals surface area (Å²) in [5, 5.41) is 5.65. The summed E-state index contributed by atoms with van der Waals surface area (Å²) in [6.07, 6.45) is 2.45. The van der Waals surface area contributed by atoms with Crippen LogP contribution >= 0.6 is 11.8 Å². The van der Waals surface area contributed by atoms with Crippen LogP contribution in [-0.4, -0.2) is 37.0 Å². The second kappa shape index (κ2) is 7.83. The van der Waals surface area contributed by atoms with Crippen molar-refractivity contribution in [2.24, 2.45) is 0 Å². The molecule has 3 rings (SSSR count). The van der Waals surface area contributed by atoms with Gasteiger partial charge in [-0.3, -0.25) is 4.79 Å². The van der Waals surface area contributed by atoms with Crippen molar-refractivity contribution >= 4 is 45.4 Å². The van der Waals surface area contributed by atoms with E-state index in [-0.39, 0.29) is 5.76 Å². The molecule has 1 N–H and O–H groups in total. The van der Waals surface area contributed by atoms with Crippen molar-refractivity contribution in [2.45, 2.75) is 19.4 Å². The molecule has 1 atom stereocenters. The lowest BCUT2D eigenvalue weighted by Gasteiger charge is -2.15. The molecule has 0 aliphatic heterocycles. The van der Waals surface area contributed by atoms with Crippen molar-refractivity contribution in [3.8, 4) is 0 Å². The van der Waals surface area contributed by atoms with E-state index in [4.69, 9.17) is 9.15 Å². The third-order valence-corrected chi connectivity index (χ3v) is 5.08. The van der Waals surface area contributed by atoms with Crippen LogP contribution in [0.4, 0.5) is 0 Å². The van der Waals surface area contributed by atoms with Gasteiger partial charge in [-0.25, -0.2) is 4.79 Å². The number of amides is 1. The highest BCUT2D eigenvalue weighted by molar-refractivity contribution is 7.98. The van der Waals surface area contributed by atoms with Crippen LogP contribution in [0.2, 0.25) is 0 Å². The summed E-state index contributed by atoms with van der Waals surface area (Å²) in [5.41, 5.74) is 1.45. The zero-order valence-electron chi connectivity index (χ0n) is 15.0. The number of hydrogen-bond donors (Lipinski definition) is 1. The summed E-state index contributed by atoms with van der Waals surface area (Å²) < 4.78 is 10.7. The molecule has 0 bridgehead atoms. The second-order valence-corrected chi connectivity index (χ2v) is 7.04. The predicted molar refractivity (Wildman–Crippen MR) is 105 cm³/mol. The first-order valence-electron chi connectivity index (χ1n) is 8.35. The molecule has 6 heteroatoms. The predicted octanol–water partition coefficient (Wildman–Crippen LogP) is 3.92. The number of ether oxygens (including phenoxy) is 1. The molecule has 136 valence electrons. The minimum atomic E-state index is -0.690. The fourth-order valence-corrected chi connectivity index (χ4v) is 3.49. The zero-order valence-corrected chi connectivity index (χ0v) is 15.8. The second-order valence-electron chi connectivity index (χ2n) is 6.05. The molecule has 0 aliphatic carbocycles. The number of aryl methyl sites for hydroxylation is 1. The minimum Gasteiger partial charge on any atom is -0.467 e. The number of carbonyl (C=O) groups is 2. The number of methoxy groups -OCH3 is 1. The Morgan fingerprint density at radius 2 is 1.96 bits per heavy atom. The summed E-state index contributed by atoms with van der Waals surface area (Å²) in [5.74, 6) is 0.115. The first-order valence-corrected chi connectivity index (χ1v) is 9.74. The monoisotopic (exact) mass is 371 g/mol. The number of benzene rings is 2. The lowest BCUT2D eigenvalue weighted by atomic mass is 10.1. The van der Waals surface area contributed by atoms with Gasteiger partial charge < -0.3 is 14.5 Å². The van der Waals surface area contributed by atoms with Crippen molar-refractivity contribution in [3.05, 3.63) is 47.7 Å². The highest BCUT2D eigenvalue weighted by Gasteiger charge is 2.25. The standard InChI is InChI=1S/C20H21NO4S/c1-12-14-9-8-13-6-4-5-7-15(13)18(14)25-17(12)19(22)21-16(10-11-26-3)20(23)24-2/h4-9,16H,10-11H2,1-3H3,(H,21,22)/t16-/m0/s1. The van der Waals surface area contributed by atoms with Crippen molar-refractivity contribution in [2.75, 3.05) is 19.1 Å².